The molecule has 2 N–H and O–H groups in total. The predicted molar refractivity (Wildman–Crippen MR) is 80.9 cm³/mol. The fraction of sp³-hybridized carbons (Fsp3) is 0.188. The summed E-state index contributed by atoms with van der Waals surface area (Å²) in [4.78, 5) is 0.358. The molecule has 1 aliphatic carbocycles. The Balaban J connectivity index is 1.91. The molecule has 0 aromatic heterocycles. The van der Waals surface area contributed by atoms with Gasteiger partial charge in [0.25, 0.3) is 0 Å². The highest BCUT2D eigenvalue weighted by Gasteiger charge is 2.12. The van der Waals surface area contributed by atoms with Crippen molar-refractivity contribution in [2.45, 2.75) is 19.3 Å². The number of benzene rings is 2. The number of aryl methyl sites for hydroxylation is 2. The second-order valence-electron chi connectivity index (χ2n) is 4.75. The molecule has 0 unspecified atom stereocenters. The van der Waals surface area contributed by atoms with Crippen molar-refractivity contribution in [1.29, 1.82) is 0 Å². The van der Waals surface area contributed by atoms with E-state index in [1.807, 2.05) is 30.3 Å². The van der Waals surface area contributed by atoms with Crippen molar-refractivity contribution in [3.63, 3.8) is 0 Å². The molecule has 0 aliphatic heterocycles. The third-order valence-electron chi connectivity index (χ3n) is 3.45. The summed E-state index contributed by atoms with van der Waals surface area (Å²) in [6.07, 6.45) is 3.56. The summed E-state index contributed by atoms with van der Waals surface area (Å²) in [5.41, 5.74) is 9.32. The summed E-state index contributed by atoms with van der Waals surface area (Å²) in [6, 6.07) is 13.9. The van der Waals surface area contributed by atoms with Crippen LogP contribution in [-0.4, -0.2) is 4.99 Å². The van der Waals surface area contributed by atoms with Crippen molar-refractivity contribution in [2.75, 3.05) is 0 Å². The van der Waals surface area contributed by atoms with Crippen molar-refractivity contribution >= 4 is 17.2 Å². The molecule has 0 spiro atoms. The fourth-order valence-corrected chi connectivity index (χ4v) is 2.67. The lowest BCUT2D eigenvalue weighted by Gasteiger charge is -2.11. The first-order valence-corrected chi connectivity index (χ1v) is 6.83. The van der Waals surface area contributed by atoms with Gasteiger partial charge in [0, 0.05) is 0 Å². The quantitative estimate of drug-likeness (QED) is 0.865. The third-order valence-corrected chi connectivity index (χ3v) is 3.67. The predicted octanol–water partition coefficient (Wildman–Crippen LogP) is 3.60. The van der Waals surface area contributed by atoms with Gasteiger partial charge in [-0.15, -0.1) is 0 Å². The molecule has 0 amide bonds. The van der Waals surface area contributed by atoms with E-state index in [4.69, 9.17) is 22.7 Å². The highest BCUT2D eigenvalue weighted by Crippen LogP contribution is 2.30. The van der Waals surface area contributed by atoms with Gasteiger partial charge in [-0.25, -0.2) is 0 Å². The Morgan fingerprint density at radius 3 is 2.68 bits per heavy atom. The van der Waals surface area contributed by atoms with Gasteiger partial charge in [-0.1, -0.05) is 30.4 Å². The summed E-state index contributed by atoms with van der Waals surface area (Å²) in [7, 11) is 0. The Labute approximate surface area is 118 Å². The molecule has 1 aliphatic rings. The first-order valence-electron chi connectivity index (χ1n) is 6.42. The molecule has 19 heavy (non-hydrogen) atoms. The average Bonchev–Trinajstić information content (AvgIpc) is 2.86. The second-order valence-corrected chi connectivity index (χ2v) is 5.19. The smallest absolute Gasteiger partial charge is 0.137 e. The van der Waals surface area contributed by atoms with E-state index in [-0.39, 0.29) is 0 Å². The van der Waals surface area contributed by atoms with E-state index >= 15 is 0 Å². The monoisotopic (exact) mass is 269 g/mol. The van der Waals surface area contributed by atoms with Crippen LogP contribution in [0.2, 0.25) is 0 Å². The minimum absolute atomic E-state index is 0.358. The Hall–Kier alpha value is -1.87. The number of para-hydroxylation sites is 1. The lowest BCUT2D eigenvalue weighted by atomic mass is 10.1. The molecule has 0 saturated heterocycles. The van der Waals surface area contributed by atoms with Crippen LogP contribution in [0.1, 0.15) is 23.1 Å². The van der Waals surface area contributed by atoms with Crippen LogP contribution in [0.25, 0.3) is 0 Å². The van der Waals surface area contributed by atoms with Gasteiger partial charge in [0.15, 0.2) is 0 Å². The van der Waals surface area contributed by atoms with Crippen LogP contribution in [-0.2, 0) is 12.8 Å². The first-order chi connectivity index (χ1) is 9.24. The topological polar surface area (TPSA) is 35.2 Å². The Kier molecular flexibility index (Phi) is 3.22. The first kappa shape index (κ1) is 12.2. The lowest BCUT2D eigenvalue weighted by molar-refractivity contribution is 0.481. The fourth-order valence-electron chi connectivity index (χ4n) is 2.50. The molecule has 3 heteroatoms. The maximum absolute atomic E-state index is 5.93. The molecular weight excluding hydrogens is 254 g/mol. The summed E-state index contributed by atoms with van der Waals surface area (Å²) in [5.74, 6) is 1.57. The highest BCUT2D eigenvalue weighted by atomic mass is 32.1. The van der Waals surface area contributed by atoms with Crippen LogP contribution in [0.15, 0.2) is 42.5 Å². The van der Waals surface area contributed by atoms with Gasteiger partial charge in [-0.2, -0.15) is 0 Å². The summed E-state index contributed by atoms with van der Waals surface area (Å²) in [5, 5.41) is 0. The van der Waals surface area contributed by atoms with E-state index in [0.29, 0.717) is 10.7 Å². The van der Waals surface area contributed by atoms with Crippen LogP contribution in [0.3, 0.4) is 0 Å². The zero-order chi connectivity index (χ0) is 13.2. The minimum Gasteiger partial charge on any atom is -0.457 e. The standard InChI is InChI=1S/C16H15NOS/c17-16(19)14-6-1-2-7-15(14)18-13-9-8-11-4-3-5-12(11)10-13/h1-2,6-10H,3-5H2,(H2,17,19). The van der Waals surface area contributed by atoms with Crippen LogP contribution in [0.4, 0.5) is 0 Å². The number of hydrogen-bond donors (Lipinski definition) is 1. The lowest BCUT2D eigenvalue weighted by Crippen LogP contribution is -2.10. The van der Waals surface area contributed by atoms with Gasteiger partial charge in [-0.3, -0.25) is 0 Å². The van der Waals surface area contributed by atoms with E-state index in [1.54, 1.807) is 0 Å². The Morgan fingerprint density at radius 1 is 1.05 bits per heavy atom. The van der Waals surface area contributed by atoms with E-state index in [9.17, 15) is 0 Å². The van der Waals surface area contributed by atoms with Crippen molar-refractivity contribution in [3.8, 4) is 11.5 Å². The van der Waals surface area contributed by atoms with Crippen molar-refractivity contribution in [1.82, 2.24) is 0 Å². The highest BCUT2D eigenvalue weighted by molar-refractivity contribution is 7.80. The number of fused-ring (bicyclic) bond motifs is 1. The number of nitrogens with two attached hydrogens (primary N) is 1. The molecule has 0 bridgehead atoms. The Morgan fingerprint density at radius 2 is 1.84 bits per heavy atom. The van der Waals surface area contributed by atoms with E-state index < -0.39 is 0 Å². The van der Waals surface area contributed by atoms with Gasteiger partial charge < -0.3 is 10.5 Å². The van der Waals surface area contributed by atoms with Gasteiger partial charge in [0.1, 0.15) is 16.5 Å². The summed E-state index contributed by atoms with van der Waals surface area (Å²) in [6.45, 7) is 0. The molecule has 96 valence electrons. The number of hydrogen-bond acceptors (Lipinski definition) is 2. The molecule has 3 rings (SSSR count). The van der Waals surface area contributed by atoms with Crippen LogP contribution >= 0.6 is 12.2 Å². The average molecular weight is 269 g/mol. The van der Waals surface area contributed by atoms with Gasteiger partial charge in [0.05, 0.1) is 5.56 Å². The molecule has 2 aromatic rings. The van der Waals surface area contributed by atoms with Crippen LogP contribution < -0.4 is 10.5 Å². The number of thiocarbonyl (C=S) groups is 1. The molecule has 0 heterocycles. The summed E-state index contributed by atoms with van der Waals surface area (Å²) < 4.78 is 5.93. The summed E-state index contributed by atoms with van der Waals surface area (Å²) >= 11 is 5.04. The number of rotatable bonds is 3. The zero-order valence-electron chi connectivity index (χ0n) is 10.6. The molecule has 2 nitrogen and oxygen atoms in total. The molecule has 0 atom stereocenters. The SMILES string of the molecule is NC(=S)c1ccccc1Oc1ccc2c(c1)CCC2. The second kappa shape index (κ2) is 5.02. The molecular formula is C16H15NOS. The van der Waals surface area contributed by atoms with Crippen molar-refractivity contribution in [3.05, 3.63) is 59.2 Å². The van der Waals surface area contributed by atoms with Crippen LogP contribution in [0, 0.1) is 0 Å². The molecule has 0 saturated carbocycles. The number of ether oxygens (including phenoxy) is 1. The maximum atomic E-state index is 5.93. The Bertz CT molecular complexity index is 636. The van der Waals surface area contributed by atoms with Gasteiger partial charge in [0.2, 0.25) is 0 Å². The molecule has 2 aromatic carbocycles. The van der Waals surface area contributed by atoms with Gasteiger partial charge >= 0.3 is 0 Å². The largest absolute Gasteiger partial charge is 0.457 e. The maximum Gasteiger partial charge on any atom is 0.137 e. The normalized spacial score (nSPS) is 13.1. The van der Waals surface area contributed by atoms with E-state index in [0.717, 1.165) is 17.7 Å². The zero-order valence-corrected chi connectivity index (χ0v) is 11.4. The minimum atomic E-state index is 0.358. The van der Waals surface area contributed by atoms with Gasteiger partial charge in [-0.05, 0) is 54.7 Å². The third kappa shape index (κ3) is 2.47. The van der Waals surface area contributed by atoms with Crippen molar-refractivity contribution in [2.24, 2.45) is 5.73 Å². The molecule has 0 fully saturated rings. The molecule has 0 radical (unpaired) electrons. The van der Waals surface area contributed by atoms with Crippen LogP contribution in [0.5, 0.6) is 11.5 Å². The van der Waals surface area contributed by atoms with E-state index in [2.05, 4.69) is 12.1 Å². The van der Waals surface area contributed by atoms with Crippen molar-refractivity contribution < 1.29 is 4.74 Å². The van der Waals surface area contributed by atoms with E-state index in [1.165, 1.54) is 24.0 Å².